The normalized spacial score (nSPS) is 11.2. The van der Waals surface area contributed by atoms with Crippen LogP contribution in [0.2, 0.25) is 0 Å². The summed E-state index contributed by atoms with van der Waals surface area (Å²) in [5.41, 5.74) is 3.26. The Labute approximate surface area is 149 Å². The van der Waals surface area contributed by atoms with E-state index in [4.69, 9.17) is 0 Å². The maximum atomic E-state index is 12.2. The molecule has 0 aliphatic rings. The fraction of sp³-hybridized carbons (Fsp3) is 0.316. The molecule has 0 bridgehead atoms. The van der Waals surface area contributed by atoms with Crippen molar-refractivity contribution in [3.63, 3.8) is 0 Å². The zero-order chi connectivity index (χ0) is 18.4. The van der Waals surface area contributed by atoms with Gasteiger partial charge in [-0.1, -0.05) is 42.8 Å². The number of anilines is 1. The van der Waals surface area contributed by atoms with E-state index < -0.39 is 10.0 Å². The van der Waals surface area contributed by atoms with E-state index in [0.717, 1.165) is 17.5 Å². The Hall–Kier alpha value is -2.34. The molecule has 25 heavy (non-hydrogen) atoms. The van der Waals surface area contributed by atoms with Gasteiger partial charge in [0.15, 0.2) is 0 Å². The first-order chi connectivity index (χ1) is 11.8. The van der Waals surface area contributed by atoms with E-state index in [1.165, 1.54) is 10.6 Å². The second-order valence-electron chi connectivity index (χ2n) is 5.94. The maximum Gasteiger partial charge on any atom is 0.251 e. The predicted octanol–water partition coefficient (Wildman–Crippen LogP) is 2.75. The van der Waals surface area contributed by atoms with Gasteiger partial charge >= 0.3 is 0 Å². The molecule has 1 N–H and O–H groups in total. The topological polar surface area (TPSA) is 66.5 Å². The smallest absolute Gasteiger partial charge is 0.251 e. The van der Waals surface area contributed by atoms with Crippen molar-refractivity contribution >= 4 is 21.6 Å². The van der Waals surface area contributed by atoms with Crippen LogP contribution in [0.3, 0.4) is 0 Å². The maximum absolute atomic E-state index is 12.2. The number of hydrogen-bond donors (Lipinski definition) is 1. The Kier molecular flexibility index (Phi) is 6.20. The van der Waals surface area contributed by atoms with E-state index in [2.05, 4.69) is 5.32 Å². The Balaban J connectivity index is 2.09. The fourth-order valence-electron chi connectivity index (χ4n) is 2.60. The van der Waals surface area contributed by atoms with Gasteiger partial charge in [-0.3, -0.25) is 9.10 Å². The number of sulfonamides is 1. The third-order valence-corrected chi connectivity index (χ3v) is 5.14. The molecule has 0 saturated heterocycles. The molecule has 0 aliphatic heterocycles. The molecule has 0 fully saturated rings. The molecular weight excluding hydrogens is 336 g/mol. The van der Waals surface area contributed by atoms with E-state index in [1.807, 2.05) is 44.2 Å². The van der Waals surface area contributed by atoms with Crippen molar-refractivity contribution in [3.8, 4) is 0 Å². The first-order valence-corrected chi connectivity index (χ1v) is 10.1. The van der Waals surface area contributed by atoms with Crippen LogP contribution >= 0.6 is 0 Å². The van der Waals surface area contributed by atoms with Crippen molar-refractivity contribution in [1.29, 1.82) is 0 Å². The average molecular weight is 360 g/mol. The van der Waals surface area contributed by atoms with Crippen LogP contribution < -0.4 is 9.62 Å². The molecular formula is C19H24N2O3S. The molecule has 0 radical (unpaired) electrons. The van der Waals surface area contributed by atoms with Crippen molar-refractivity contribution in [3.05, 3.63) is 65.2 Å². The van der Waals surface area contributed by atoms with Crippen LogP contribution in [0.25, 0.3) is 0 Å². The molecule has 5 nitrogen and oxygen atoms in total. The van der Waals surface area contributed by atoms with Gasteiger partial charge in [0.2, 0.25) is 10.0 Å². The number of nitrogens with zero attached hydrogens (tertiary/aromatic N) is 1. The number of amides is 1. The van der Waals surface area contributed by atoms with E-state index >= 15 is 0 Å². The number of carbonyl (C=O) groups is 1. The van der Waals surface area contributed by atoms with Gasteiger partial charge in [0.1, 0.15) is 0 Å². The molecule has 6 heteroatoms. The lowest BCUT2D eigenvalue weighted by atomic mass is 10.1. The van der Waals surface area contributed by atoms with Crippen molar-refractivity contribution in [2.45, 2.75) is 20.3 Å². The molecule has 0 saturated carbocycles. The molecule has 134 valence electrons. The first-order valence-electron chi connectivity index (χ1n) is 8.23. The molecule has 0 atom stereocenters. The van der Waals surface area contributed by atoms with Crippen LogP contribution in [-0.4, -0.2) is 33.7 Å². The first kappa shape index (κ1) is 19.0. The van der Waals surface area contributed by atoms with Crippen LogP contribution in [0.1, 0.15) is 28.4 Å². The minimum absolute atomic E-state index is 0.188. The lowest BCUT2D eigenvalue weighted by molar-refractivity contribution is 0.0955. The fourth-order valence-corrected chi connectivity index (χ4v) is 3.55. The molecule has 0 aliphatic carbocycles. The van der Waals surface area contributed by atoms with Gasteiger partial charge in [0.25, 0.3) is 5.91 Å². The van der Waals surface area contributed by atoms with Gasteiger partial charge in [0.05, 0.1) is 18.5 Å². The summed E-state index contributed by atoms with van der Waals surface area (Å²) in [6.07, 6.45) is 1.92. The van der Waals surface area contributed by atoms with E-state index in [-0.39, 0.29) is 19.0 Å². The largest absolute Gasteiger partial charge is 0.350 e. The second-order valence-corrected chi connectivity index (χ2v) is 7.85. The number of para-hydroxylation sites is 1. The zero-order valence-electron chi connectivity index (χ0n) is 14.8. The number of aryl methyl sites for hydroxylation is 2. The van der Waals surface area contributed by atoms with Crippen molar-refractivity contribution in [2.24, 2.45) is 0 Å². The van der Waals surface area contributed by atoms with Gasteiger partial charge < -0.3 is 5.32 Å². The number of hydrogen-bond acceptors (Lipinski definition) is 3. The lowest BCUT2D eigenvalue weighted by Gasteiger charge is -2.24. The summed E-state index contributed by atoms with van der Waals surface area (Å²) < 4.78 is 25.7. The van der Waals surface area contributed by atoms with Gasteiger partial charge in [-0.25, -0.2) is 8.42 Å². The summed E-state index contributed by atoms with van der Waals surface area (Å²) in [5, 5.41) is 2.78. The quantitative estimate of drug-likeness (QED) is 0.826. The van der Waals surface area contributed by atoms with Crippen LogP contribution in [0.5, 0.6) is 0 Å². The minimum atomic E-state index is -3.44. The number of rotatable bonds is 7. The van der Waals surface area contributed by atoms with Crippen LogP contribution in [0.15, 0.2) is 48.5 Å². The van der Waals surface area contributed by atoms with Crippen molar-refractivity contribution in [1.82, 2.24) is 5.32 Å². The molecule has 0 unspecified atom stereocenters. The number of benzene rings is 2. The average Bonchev–Trinajstić information content (AvgIpc) is 2.58. The highest BCUT2D eigenvalue weighted by Gasteiger charge is 2.19. The number of nitrogens with one attached hydrogen (secondary N) is 1. The highest BCUT2D eigenvalue weighted by atomic mass is 32.2. The monoisotopic (exact) mass is 360 g/mol. The number of carbonyl (C=O) groups excluding carboxylic acids is 1. The third-order valence-electron chi connectivity index (χ3n) is 3.96. The highest BCUT2D eigenvalue weighted by molar-refractivity contribution is 7.92. The molecule has 0 heterocycles. The Morgan fingerprint density at radius 3 is 2.32 bits per heavy atom. The summed E-state index contributed by atoms with van der Waals surface area (Å²) in [4.78, 5) is 12.2. The standard InChI is InChI=1S/C19H24N2O3S/c1-4-16-7-5-6-8-18(16)21(25(3,23)24)14-13-20-19(22)17-11-9-15(2)10-12-17/h5-12H,4,13-14H2,1-3H3,(H,20,22). The second kappa shape index (κ2) is 8.16. The minimum Gasteiger partial charge on any atom is -0.350 e. The molecule has 0 spiro atoms. The van der Waals surface area contributed by atoms with Gasteiger partial charge in [-0.05, 0) is 37.1 Å². The Morgan fingerprint density at radius 1 is 1.08 bits per heavy atom. The summed E-state index contributed by atoms with van der Waals surface area (Å²) in [6, 6.07) is 14.7. The van der Waals surface area contributed by atoms with E-state index in [1.54, 1.807) is 18.2 Å². The molecule has 2 aromatic carbocycles. The summed E-state index contributed by atoms with van der Waals surface area (Å²) >= 11 is 0. The van der Waals surface area contributed by atoms with Crippen LogP contribution in [0, 0.1) is 6.92 Å². The summed E-state index contributed by atoms with van der Waals surface area (Å²) in [6.45, 7) is 4.36. The van der Waals surface area contributed by atoms with Gasteiger partial charge in [-0.2, -0.15) is 0 Å². The van der Waals surface area contributed by atoms with Gasteiger partial charge in [0, 0.05) is 12.1 Å². The zero-order valence-corrected chi connectivity index (χ0v) is 15.6. The molecule has 2 rings (SSSR count). The molecule has 2 aromatic rings. The van der Waals surface area contributed by atoms with E-state index in [0.29, 0.717) is 11.3 Å². The lowest BCUT2D eigenvalue weighted by Crippen LogP contribution is -2.38. The SMILES string of the molecule is CCc1ccccc1N(CCNC(=O)c1ccc(C)cc1)S(C)(=O)=O. The predicted molar refractivity (Wildman–Crippen MR) is 102 cm³/mol. The van der Waals surface area contributed by atoms with E-state index in [9.17, 15) is 13.2 Å². The summed E-state index contributed by atoms with van der Waals surface area (Å²) in [5.74, 6) is -0.211. The van der Waals surface area contributed by atoms with Gasteiger partial charge in [-0.15, -0.1) is 0 Å². The Bertz CT molecular complexity index is 830. The molecule has 1 amide bonds. The van der Waals surface area contributed by atoms with Crippen molar-refractivity contribution < 1.29 is 13.2 Å². The van der Waals surface area contributed by atoms with Crippen LogP contribution in [0.4, 0.5) is 5.69 Å². The van der Waals surface area contributed by atoms with Crippen molar-refractivity contribution in [2.75, 3.05) is 23.7 Å². The molecule has 0 aromatic heterocycles. The third kappa shape index (κ3) is 5.06. The Morgan fingerprint density at radius 2 is 1.72 bits per heavy atom. The highest BCUT2D eigenvalue weighted by Crippen LogP contribution is 2.22. The van der Waals surface area contributed by atoms with Crippen LogP contribution in [-0.2, 0) is 16.4 Å². The summed E-state index contributed by atoms with van der Waals surface area (Å²) in [7, 11) is -3.44.